The highest BCUT2D eigenvalue weighted by molar-refractivity contribution is 6.30. The molecular formula is C37H47ClN2O6. The van der Waals surface area contributed by atoms with Gasteiger partial charge in [0.25, 0.3) is 0 Å². The van der Waals surface area contributed by atoms with E-state index in [-0.39, 0.29) is 29.3 Å². The van der Waals surface area contributed by atoms with Crippen LogP contribution >= 0.6 is 11.6 Å². The van der Waals surface area contributed by atoms with Gasteiger partial charge in [-0.1, -0.05) is 35.9 Å². The number of nitrogens with zero attached hydrogens (tertiary/aromatic N) is 2. The van der Waals surface area contributed by atoms with Crippen LogP contribution in [0, 0.1) is 11.8 Å². The van der Waals surface area contributed by atoms with Crippen LogP contribution in [0.4, 0.5) is 5.69 Å². The lowest BCUT2D eigenvalue weighted by Gasteiger charge is -2.42. The van der Waals surface area contributed by atoms with Gasteiger partial charge >= 0.3 is 5.97 Å². The zero-order chi connectivity index (χ0) is 32.8. The molecule has 0 aromatic heterocycles. The molecule has 3 aliphatic rings. The van der Waals surface area contributed by atoms with E-state index in [1.807, 2.05) is 18.2 Å². The zero-order valence-corrected chi connectivity index (χ0v) is 27.6. The number of carbonyl (C=O) groups excluding carboxylic acids is 2. The van der Waals surface area contributed by atoms with Gasteiger partial charge in [0.2, 0.25) is 5.91 Å². The third-order valence-electron chi connectivity index (χ3n) is 10.1. The second kappa shape index (κ2) is 15.1. The molecule has 46 heavy (non-hydrogen) atoms. The van der Waals surface area contributed by atoms with Crippen LogP contribution in [0.2, 0.25) is 5.02 Å². The van der Waals surface area contributed by atoms with E-state index in [2.05, 4.69) is 18.1 Å². The summed E-state index contributed by atoms with van der Waals surface area (Å²) in [6.07, 6.45) is 9.37. The van der Waals surface area contributed by atoms with E-state index in [4.69, 9.17) is 21.1 Å². The van der Waals surface area contributed by atoms with E-state index < -0.39 is 24.1 Å². The first-order valence-electron chi connectivity index (χ1n) is 16.5. The third-order valence-corrected chi connectivity index (χ3v) is 10.4. The number of amides is 1. The Labute approximate surface area is 277 Å². The summed E-state index contributed by atoms with van der Waals surface area (Å²) in [6.45, 7) is 9.90. The highest BCUT2D eigenvalue weighted by atomic mass is 35.5. The second-order valence-corrected chi connectivity index (χ2v) is 13.4. The van der Waals surface area contributed by atoms with Crippen molar-refractivity contribution >= 4 is 29.2 Å². The van der Waals surface area contributed by atoms with E-state index in [9.17, 15) is 19.8 Å². The largest absolute Gasteiger partial charge is 0.487 e. The average molecular weight is 651 g/mol. The number of esters is 1. The Morgan fingerprint density at radius 3 is 2.65 bits per heavy atom. The third kappa shape index (κ3) is 7.29. The minimum atomic E-state index is -2.19. The molecule has 1 unspecified atom stereocenters. The molecule has 2 N–H and O–H groups in total. The summed E-state index contributed by atoms with van der Waals surface area (Å²) in [6, 6.07) is 11.1. The van der Waals surface area contributed by atoms with Gasteiger partial charge in [-0.05, 0) is 104 Å². The maximum atomic E-state index is 13.6. The van der Waals surface area contributed by atoms with Crippen LogP contribution in [0.25, 0.3) is 0 Å². The number of aliphatic hydroxyl groups excluding tert-OH is 1. The molecule has 1 saturated heterocycles. The lowest BCUT2D eigenvalue weighted by molar-refractivity contribution is -0.168. The SMILES string of the molecule is C=CC[C@@H]1CCCN1C(=O)CC(O)(C(=O)OC)c1ccc2c(c1)N(C[C@@H]1CC[C@H]1[C@@H](O)C=C)CCCCc1cc(Cl)ccc1CO2. The van der Waals surface area contributed by atoms with E-state index in [0.717, 1.165) is 61.8 Å². The fourth-order valence-electron chi connectivity index (χ4n) is 7.31. The first kappa shape index (κ1) is 34.0. The number of halogens is 1. The molecule has 9 heteroatoms. The summed E-state index contributed by atoms with van der Waals surface area (Å²) in [7, 11) is 1.22. The summed E-state index contributed by atoms with van der Waals surface area (Å²) < 4.78 is 11.6. The van der Waals surface area contributed by atoms with Crippen LogP contribution in [0.5, 0.6) is 5.75 Å². The minimum Gasteiger partial charge on any atom is -0.487 e. The number of fused-ring (bicyclic) bond motifs is 2. The molecule has 0 bridgehead atoms. The summed E-state index contributed by atoms with van der Waals surface area (Å²) in [5.41, 5.74) is 1.02. The van der Waals surface area contributed by atoms with Crippen LogP contribution in [0.1, 0.15) is 68.1 Å². The fraction of sp³-hybridized carbons (Fsp3) is 0.514. The molecule has 0 radical (unpaired) electrons. The number of hydrogen-bond acceptors (Lipinski definition) is 7. The molecule has 2 aromatic rings. The molecule has 2 aromatic carbocycles. The number of anilines is 1. The number of methoxy groups -OCH3 is 1. The van der Waals surface area contributed by atoms with Crippen LogP contribution in [-0.4, -0.2) is 65.9 Å². The number of aryl methyl sites for hydroxylation is 1. The summed E-state index contributed by atoms with van der Waals surface area (Å²) in [5, 5.41) is 23.3. The first-order valence-corrected chi connectivity index (χ1v) is 16.9. The van der Waals surface area contributed by atoms with Gasteiger partial charge in [0, 0.05) is 30.7 Å². The molecule has 1 aliphatic carbocycles. The van der Waals surface area contributed by atoms with Gasteiger partial charge in [0.05, 0.1) is 25.3 Å². The predicted molar refractivity (Wildman–Crippen MR) is 180 cm³/mol. The van der Waals surface area contributed by atoms with E-state index in [1.54, 1.807) is 35.3 Å². The molecule has 2 aliphatic heterocycles. The van der Waals surface area contributed by atoms with Gasteiger partial charge < -0.3 is 29.5 Å². The smallest absolute Gasteiger partial charge is 0.343 e. The maximum absolute atomic E-state index is 13.6. The zero-order valence-electron chi connectivity index (χ0n) is 26.8. The lowest BCUT2D eigenvalue weighted by Crippen LogP contribution is -2.45. The highest BCUT2D eigenvalue weighted by Gasteiger charge is 2.45. The predicted octanol–water partition coefficient (Wildman–Crippen LogP) is 5.95. The summed E-state index contributed by atoms with van der Waals surface area (Å²) in [4.78, 5) is 30.9. The molecule has 2 heterocycles. The van der Waals surface area contributed by atoms with Gasteiger partial charge in [-0.25, -0.2) is 4.79 Å². The molecule has 1 amide bonds. The van der Waals surface area contributed by atoms with Crippen molar-refractivity contribution in [3.8, 4) is 5.75 Å². The van der Waals surface area contributed by atoms with Gasteiger partial charge in [-0.3, -0.25) is 4.79 Å². The molecular weight excluding hydrogens is 604 g/mol. The van der Waals surface area contributed by atoms with Crippen molar-refractivity contribution in [3.63, 3.8) is 0 Å². The number of hydrogen-bond donors (Lipinski definition) is 2. The van der Waals surface area contributed by atoms with E-state index in [1.165, 1.54) is 7.11 Å². The molecule has 1 saturated carbocycles. The number of rotatable bonds is 10. The van der Waals surface area contributed by atoms with Crippen molar-refractivity contribution in [1.29, 1.82) is 0 Å². The second-order valence-electron chi connectivity index (χ2n) is 13.0. The fourth-order valence-corrected chi connectivity index (χ4v) is 7.50. The van der Waals surface area contributed by atoms with Gasteiger partial charge in [-0.15, -0.1) is 13.2 Å². The minimum absolute atomic E-state index is 0.00213. The lowest BCUT2D eigenvalue weighted by atomic mass is 9.70. The molecule has 8 nitrogen and oxygen atoms in total. The Balaban J connectivity index is 1.52. The normalized spacial score (nSPS) is 23.3. The van der Waals surface area contributed by atoms with Crippen molar-refractivity contribution in [1.82, 2.24) is 4.90 Å². The number of carbonyl (C=O) groups is 2. The first-order chi connectivity index (χ1) is 22.2. The molecule has 2 fully saturated rings. The van der Waals surface area contributed by atoms with Gasteiger partial charge in [0.15, 0.2) is 5.60 Å². The monoisotopic (exact) mass is 650 g/mol. The Hall–Kier alpha value is -3.33. The Morgan fingerprint density at radius 1 is 1.11 bits per heavy atom. The number of benzene rings is 2. The van der Waals surface area contributed by atoms with Crippen LogP contribution in [0.15, 0.2) is 61.7 Å². The van der Waals surface area contributed by atoms with Crippen LogP contribution in [0.3, 0.4) is 0 Å². The van der Waals surface area contributed by atoms with E-state index in [0.29, 0.717) is 43.4 Å². The molecule has 248 valence electrons. The standard InChI is InChI=1S/C37H47ClN2O6/c1-4-9-30-11-8-19-40(30)35(42)22-37(44,36(43)45-3)28-14-17-34-32(21-28)39(23-26-13-16-31(26)33(41)5-2)18-7-6-10-25-20-29(38)15-12-27(25)24-46-34/h4-5,12,14-15,17,20-21,26,30-31,33,41,44H,1-2,6-11,13,16,18-19,22-24H2,3H3/t26-,30+,31+,33-,37?/m0/s1. The maximum Gasteiger partial charge on any atom is 0.343 e. The average Bonchev–Trinajstić information content (AvgIpc) is 3.50. The molecule has 0 spiro atoms. The molecule has 5 rings (SSSR count). The number of aliphatic hydroxyl groups is 2. The topological polar surface area (TPSA) is 99.5 Å². The van der Waals surface area contributed by atoms with Gasteiger partial charge in [0.1, 0.15) is 12.4 Å². The summed E-state index contributed by atoms with van der Waals surface area (Å²) in [5.74, 6) is -0.223. The quantitative estimate of drug-likeness (QED) is 0.242. The van der Waals surface area contributed by atoms with Gasteiger partial charge in [-0.2, -0.15) is 0 Å². The Kier molecular flexibility index (Phi) is 11.1. The highest BCUT2D eigenvalue weighted by Crippen LogP contribution is 2.42. The van der Waals surface area contributed by atoms with Crippen molar-refractivity contribution in [2.24, 2.45) is 11.8 Å². The Bertz CT molecular complexity index is 1430. The number of likely N-dealkylation sites (tertiary alicyclic amines) is 1. The number of ether oxygens (including phenoxy) is 2. The Morgan fingerprint density at radius 2 is 1.93 bits per heavy atom. The van der Waals surface area contributed by atoms with Crippen LogP contribution in [-0.2, 0) is 33.0 Å². The van der Waals surface area contributed by atoms with Crippen molar-refractivity contribution in [3.05, 3.63) is 83.4 Å². The molecule has 5 atom stereocenters. The van der Waals surface area contributed by atoms with Crippen molar-refractivity contribution in [2.45, 2.75) is 82.1 Å². The van der Waals surface area contributed by atoms with Crippen LogP contribution < -0.4 is 9.64 Å². The summed E-state index contributed by atoms with van der Waals surface area (Å²) >= 11 is 6.34. The van der Waals surface area contributed by atoms with Crippen molar-refractivity contribution < 1.29 is 29.3 Å². The van der Waals surface area contributed by atoms with Crippen molar-refractivity contribution in [2.75, 3.05) is 31.6 Å². The van der Waals surface area contributed by atoms with E-state index >= 15 is 0 Å².